The molecule has 0 saturated carbocycles. The number of hydrogen-bond acceptors (Lipinski definition) is 5. The van der Waals surface area contributed by atoms with Crippen LogP contribution in [0.5, 0.6) is 11.5 Å². The van der Waals surface area contributed by atoms with Crippen molar-refractivity contribution in [3.05, 3.63) is 95.1 Å². The van der Waals surface area contributed by atoms with Crippen LogP contribution in [0, 0.1) is 0 Å². The molecule has 0 spiro atoms. The van der Waals surface area contributed by atoms with E-state index in [4.69, 9.17) is 4.74 Å². The lowest BCUT2D eigenvalue weighted by Gasteiger charge is -2.26. The molecule has 186 valence electrons. The number of alkyl halides is 3. The van der Waals surface area contributed by atoms with Crippen molar-refractivity contribution in [3.63, 3.8) is 0 Å². The first-order valence-electron chi connectivity index (χ1n) is 11.0. The van der Waals surface area contributed by atoms with Crippen LogP contribution in [-0.2, 0) is 16.0 Å². The standard InChI is InChI=1S/C27H22F3NO5/c1-3-16-7-9-17(10-8-16)24(32)22-23(18-5-4-6-21(15-18)35-2)31(26(34)25(22)33)19-11-13-20(14-12-19)36-27(28,29)30/h4-15,23,32H,3H2,1-2H3/b24-22-. The lowest BCUT2D eigenvalue weighted by Crippen LogP contribution is -2.29. The van der Waals surface area contributed by atoms with Crippen molar-refractivity contribution >= 4 is 23.1 Å². The van der Waals surface area contributed by atoms with Crippen LogP contribution in [0.1, 0.15) is 29.7 Å². The second kappa shape index (κ2) is 9.77. The van der Waals surface area contributed by atoms with E-state index in [1.54, 1.807) is 36.4 Å². The van der Waals surface area contributed by atoms with E-state index in [9.17, 15) is 27.9 Å². The van der Waals surface area contributed by atoms with Gasteiger partial charge in [-0.1, -0.05) is 43.3 Å². The fourth-order valence-electron chi connectivity index (χ4n) is 4.09. The van der Waals surface area contributed by atoms with Crippen LogP contribution in [0.15, 0.2) is 78.4 Å². The number of carbonyl (C=O) groups excluding carboxylic acids is 2. The number of methoxy groups -OCH3 is 1. The number of carbonyl (C=O) groups is 2. The molecule has 4 rings (SSSR count). The molecule has 6 nitrogen and oxygen atoms in total. The van der Waals surface area contributed by atoms with E-state index in [0.717, 1.165) is 29.0 Å². The summed E-state index contributed by atoms with van der Waals surface area (Å²) in [7, 11) is 1.46. The summed E-state index contributed by atoms with van der Waals surface area (Å²) in [6, 6.07) is 17.1. The number of nitrogens with zero attached hydrogens (tertiary/aromatic N) is 1. The van der Waals surface area contributed by atoms with Crippen LogP contribution in [0.2, 0.25) is 0 Å². The summed E-state index contributed by atoms with van der Waals surface area (Å²) < 4.78 is 46.9. The lowest BCUT2D eigenvalue weighted by molar-refractivity contribution is -0.274. The Balaban J connectivity index is 1.86. The minimum atomic E-state index is -4.88. The van der Waals surface area contributed by atoms with Crippen LogP contribution in [0.25, 0.3) is 5.76 Å². The highest BCUT2D eigenvalue weighted by Gasteiger charge is 2.47. The molecule has 1 amide bonds. The zero-order chi connectivity index (χ0) is 26.0. The molecule has 0 aromatic heterocycles. The number of anilines is 1. The van der Waals surface area contributed by atoms with E-state index in [1.165, 1.54) is 19.2 Å². The molecule has 1 fully saturated rings. The normalized spacial score (nSPS) is 17.4. The maximum absolute atomic E-state index is 13.2. The maximum atomic E-state index is 13.2. The van der Waals surface area contributed by atoms with Crippen LogP contribution in [-0.4, -0.2) is 30.3 Å². The number of hydrogen-bond donors (Lipinski definition) is 1. The van der Waals surface area contributed by atoms with Gasteiger partial charge in [0.2, 0.25) is 0 Å². The Hall–Kier alpha value is -4.27. The van der Waals surface area contributed by atoms with Crippen molar-refractivity contribution in [1.29, 1.82) is 0 Å². The molecule has 3 aromatic carbocycles. The Labute approximate surface area is 205 Å². The average Bonchev–Trinajstić information content (AvgIpc) is 3.13. The minimum absolute atomic E-state index is 0.145. The first-order valence-corrected chi connectivity index (χ1v) is 11.0. The van der Waals surface area contributed by atoms with Gasteiger partial charge in [0.1, 0.15) is 17.3 Å². The van der Waals surface area contributed by atoms with Crippen LogP contribution in [0.4, 0.5) is 18.9 Å². The smallest absolute Gasteiger partial charge is 0.507 e. The van der Waals surface area contributed by atoms with Gasteiger partial charge in [0.15, 0.2) is 0 Å². The number of aryl methyl sites for hydroxylation is 1. The number of rotatable bonds is 6. The third-order valence-electron chi connectivity index (χ3n) is 5.84. The highest BCUT2D eigenvalue weighted by Crippen LogP contribution is 2.43. The number of ketones is 1. The van der Waals surface area contributed by atoms with Gasteiger partial charge in [-0.3, -0.25) is 14.5 Å². The average molecular weight is 497 g/mol. The quantitative estimate of drug-likeness (QED) is 0.265. The van der Waals surface area contributed by atoms with Crippen molar-refractivity contribution in [1.82, 2.24) is 0 Å². The predicted molar refractivity (Wildman–Crippen MR) is 127 cm³/mol. The largest absolute Gasteiger partial charge is 0.573 e. The summed E-state index contributed by atoms with van der Waals surface area (Å²) in [4.78, 5) is 27.5. The molecule has 0 aliphatic carbocycles. The van der Waals surface area contributed by atoms with Gasteiger partial charge in [-0.2, -0.15) is 0 Å². The van der Waals surface area contributed by atoms with Gasteiger partial charge in [-0.25, -0.2) is 0 Å². The molecule has 3 aromatic rings. The molecule has 1 aliphatic rings. The molecular weight excluding hydrogens is 475 g/mol. The fourth-order valence-corrected chi connectivity index (χ4v) is 4.09. The summed E-state index contributed by atoms with van der Waals surface area (Å²) in [5, 5.41) is 11.2. The highest BCUT2D eigenvalue weighted by molar-refractivity contribution is 6.51. The number of aliphatic hydroxyl groups is 1. The Morgan fingerprint density at radius 3 is 2.22 bits per heavy atom. The summed E-state index contributed by atoms with van der Waals surface area (Å²) in [5.74, 6) is -2.23. The molecule has 9 heteroatoms. The molecule has 0 bridgehead atoms. The van der Waals surface area contributed by atoms with Gasteiger partial charge < -0.3 is 14.6 Å². The molecule has 1 unspecified atom stereocenters. The molecule has 1 saturated heterocycles. The third-order valence-corrected chi connectivity index (χ3v) is 5.84. The third kappa shape index (κ3) is 4.91. The van der Waals surface area contributed by atoms with E-state index < -0.39 is 29.8 Å². The minimum Gasteiger partial charge on any atom is -0.507 e. The monoisotopic (exact) mass is 497 g/mol. The van der Waals surface area contributed by atoms with Crippen LogP contribution in [0.3, 0.4) is 0 Å². The van der Waals surface area contributed by atoms with E-state index in [-0.39, 0.29) is 17.0 Å². The van der Waals surface area contributed by atoms with Gasteiger partial charge in [0.05, 0.1) is 18.7 Å². The molecular formula is C27H22F3NO5. The van der Waals surface area contributed by atoms with E-state index >= 15 is 0 Å². The zero-order valence-corrected chi connectivity index (χ0v) is 19.4. The molecule has 1 heterocycles. The van der Waals surface area contributed by atoms with Crippen molar-refractivity contribution in [2.24, 2.45) is 0 Å². The zero-order valence-electron chi connectivity index (χ0n) is 19.4. The second-order valence-electron chi connectivity index (χ2n) is 8.04. The molecule has 1 atom stereocenters. The van der Waals surface area contributed by atoms with Crippen molar-refractivity contribution < 1.29 is 37.3 Å². The topological polar surface area (TPSA) is 76.1 Å². The van der Waals surface area contributed by atoms with E-state index in [2.05, 4.69) is 4.74 Å². The van der Waals surface area contributed by atoms with Crippen molar-refractivity contribution in [2.45, 2.75) is 25.7 Å². The fraction of sp³-hybridized carbons (Fsp3) is 0.185. The molecule has 36 heavy (non-hydrogen) atoms. The van der Waals surface area contributed by atoms with Crippen LogP contribution >= 0.6 is 0 Å². The maximum Gasteiger partial charge on any atom is 0.573 e. The number of Topliss-reactive ketones (excluding diaryl/α,β-unsaturated/α-hetero) is 1. The number of ether oxygens (including phenoxy) is 2. The van der Waals surface area contributed by atoms with Crippen LogP contribution < -0.4 is 14.4 Å². The second-order valence-corrected chi connectivity index (χ2v) is 8.04. The predicted octanol–water partition coefficient (Wildman–Crippen LogP) is 5.78. The Morgan fingerprint density at radius 1 is 0.972 bits per heavy atom. The molecule has 0 radical (unpaired) electrons. The number of halogens is 3. The molecule has 1 N–H and O–H groups in total. The lowest BCUT2D eigenvalue weighted by atomic mass is 9.94. The van der Waals surface area contributed by atoms with Crippen molar-refractivity contribution in [2.75, 3.05) is 12.0 Å². The Bertz CT molecular complexity index is 1310. The van der Waals surface area contributed by atoms with Gasteiger partial charge in [0.25, 0.3) is 11.7 Å². The van der Waals surface area contributed by atoms with Gasteiger partial charge in [-0.05, 0) is 53.9 Å². The molecule has 1 aliphatic heterocycles. The highest BCUT2D eigenvalue weighted by atomic mass is 19.4. The van der Waals surface area contributed by atoms with E-state index in [0.29, 0.717) is 16.9 Å². The Kier molecular flexibility index (Phi) is 6.74. The number of benzene rings is 3. The first kappa shape index (κ1) is 24.8. The van der Waals surface area contributed by atoms with E-state index in [1.807, 2.05) is 19.1 Å². The van der Waals surface area contributed by atoms with Gasteiger partial charge >= 0.3 is 6.36 Å². The van der Waals surface area contributed by atoms with Crippen molar-refractivity contribution in [3.8, 4) is 11.5 Å². The first-order chi connectivity index (χ1) is 17.1. The summed E-state index contributed by atoms with van der Waals surface area (Å²) >= 11 is 0. The summed E-state index contributed by atoms with van der Waals surface area (Å²) in [6.45, 7) is 1.98. The SMILES string of the molecule is CCc1ccc(/C(O)=C2/C(=O)C(=O)N(c3ccc(OC(F)(F)F)cc3)C2c2cccc(OC)c2)cc1. The van der Waals surface area contributed by atoms with Gasteiger partial charge in [-0.15, -0.1) is 13.2 Å². The number of aliphatic hydroxyl groups excluding tert-OH is 1. The van der Waals surface area contributed by atoms with Gasteiger partial charge in [0, 0.05) is 11.3 Å². The summed E-state index contributed by atoms with van der Waals surface area (Å²) in [6.07, 6.45) is -4.09. The Morgan fingerprint density at radius 2 is 1.64 bits per heavy atom. The summed E-state index contributed by atoms with van der Waals surface area (Å²) in [5.41, 5.74) is 1.85. The number of amides is 1.